The maximum atomic E-state index is 11.9. The summed E-state index contributed by atoms with van der Waals surface area (Å²) in [6, 6.07) is 1.50. The summed E-state index contributed by atoms with van der Waals surface area (Å²) in [6.45, 7) is 5.67. The van der Waals surface area contributed by atoms with Crippen LogP contribution < -0.4 is 5.32 Å². The molecule has 0 aromatic heterocycles. The topological polar surface area (TPSA) is 35.6 Å². The predicted octanol–water partition coefficient (Wildman–Crippen LogP) is 0.680. The smallest absolute Gasteiger partial charge is 0.224 e. The summed E-state index contributed by atoms with van der Waals surface area (Å²) in [5.41, 5.74) is 0. The lowest BCUT2D eigenvalue weighted by molar-refractivity contribution is -0.127. The van der Waals surface area contributed by atoms with E-state index in [1.807, 2.05) is 0 Å². The number of amides is 1. The molecule has 1 amide bonds. The van der Waals surface area contributed by atoms with Gasteiger partial charge in [0.1, 0.15) is 0 Å². The quantitative estimate of drug-likeness (QED) is 0.784. The summed E-state index contributed by atoms with van der Waals surface area (Å²) in [5, 5.41) is 3.80. The highest BCUT2D eigenvalue weighted by atomic mass is 16.2. The summed E-state index contributed by atoms with van der Waals surface area (Å²) in [4.78, 5) is 16.4. The van der Waals surface area contributed by atoms with E-state index in [-0.39, 0.29) is 0 Å². The van der Waals surface area contributed by atoms with E-state index in [1.165, 1.54) is 32.4 Å². The second kappa shape index (κ2) is 4.82. The Hall–Kier alpha value is -0.610. The molecule has 1 N–H and O–H groups in total. The highest BCUT2D eigenvalue weighted by Gasteiger charge is 2.43. The van der Waals surface area contributed by atoms with E-state index in [4.69, 9.17) is 0 Å². The van der Waals surface area contributed by atoms with Crippen LogP contribution in [0.25, 0.3) is 0 Å². The Kier molecular flexibility index (Phi) is 3.32. The Labute approximate surface area is 110 Å². The van der Waals surface area contributed by atoms with Crippen molar-refractivity contribution in [3.63, 3.8) is 0 Å². The summed E-state index contributed by atoms with van der Waals surface area (Å²) in [5.74, 6) is 1.06. The van der Waals surface area contributed by atoms with Gasteiger partial charge in [0, 0.05) is 37.6 Å². The Morgan fingerprint density at radius 2 is 2.06 bits per heavy atom. The van der Waals surface area contributed by atoms with Crippen molar-refractivity contribution in [1.82, 2.24) is 15.1 Å². The van der Waals surface area contributed by atoms with Crippen LogP contribution in [-0.4, -0.2) is 60.5 Å². The van der Waals surface area contributed by atoms with Crippen LogP contribution in [-0.2, 0) is 4.79 Å². The Balaban J connectivity index is 1.61. The zero-order chi connectivity index (χ0) is 12.7. The molecule has 0 radical (unpaired) electrons. The third-order valence-corrected chi connectivity index (χ3v) is 5.02. The van der Waals surface area contributed by atoms with Gasteiger partial charge in [-0.05, 0) is 38.8 Å². The predicted molar refractivity (Wildman–Crippen MR) is 71.3 cm³/mol. The summed E-state index contributed by atoms with van der Waals surface area (Å²) in [7, 11) is 2.20. The van der Waals surface area contributed by atoms with E-state index in [0.717, 1.165) is 13.0 Å². The first-order valence-corrected chi connectivity index (χ1v) is 7.39. The lowest BCUT2D eigenvalue weighted by atomic mass is 9.92. The maximum absolute atomic E-state index is 11.9. The van der Waals surface area contributed by atoms with Crippen LogP contribution in [0, 0.1) is 5.92 Å². The van der Waals surface area contributed by atoms with Crippen LogP contribution in [0.4, 0.5) is 0 Å². The molecular formula is C14H25N3O. The van der Waals surface area contributed by atoms with E-state index in [1.54, 1.807) is 0 Å². The molecule has 0 aromatic carbocycles. The molecular weight excluding hydrogens is 226 g/mol. The van der Waals surface area contributed by atoms with Gasteiger partial charge in [-0.2, -0.15) is 0 Å². The van der Waals surface area contributed by atoms with Crippen LogP contribution in [0.1, 0.15) is 32.6 Å². The van der Waals surface area contributed by atoms with Gasteiger partial charge < -0.3 is 15.1 Å². The van der Waals surface area contributed by atoms with Crippen LogP contribution in [0.15, 0.2) is 0 Å². The second-order valence-electron chi connectivity index (χ2n) is 6.41. The molecule has 4 unspecified atom stereocenters. The minimum atomic E-state index is 0.371. The molecule has 3 aliphatic heterocycles. The number of carbonyl (C=O) groups is 1. The molecule has 0 aliphatic carbocycles. The summed E-state index contributed by atoms with van der Waals surface area (Å²) in [6.07, 6.45) is 4.33. The standard InChI is InChI=1S/C14H25N3O/c1-10-9-16(2)7-5-11(10)15-12-8-14(18)17-6-3-4-13(12)17/h10-13,15H,3-9H2,1-2H3. The fourth-order valence-corrected chi connectivity index (χ4v) is 4.01. The molecule has 3 rings (SSSR count). The SMILES string of the molecule is CC1CN(C)CCC1NC1CC(=O)N2CCCC12. The number of fused-ring (bicyclic) bond motifs is 1. The van der Waals surface area contributed by atoms with Gasteiger partial charge >= 0.3 is 0 Å². The average molecular weight is 251 g/mol. The zero-order valence-corrected chi connectivity index (χ0v) is 11.6. The molecule has 18 heavy (non-hydrogen) atoms. The van der Waals surface area contributed by atoms with Gasteiger partial charge in [0.15, 0.2) is 0 Å². The molecule has 3 saturated heterocycles. The Morgan fingerprint density at radius 3 is 2.83 bits per heavy atom. The maximum Gasteiger partial charge on any atom is 0.224 e. The van der Waals surface area contributed by atoms with Crippen molar-refractivity contribution < 1.29 is 4.79 Å². The van der Waals surface area contributed by atoms with Gasteiger partial charge in [-0.15, -0.1) is 0 Å². The van der Waals surface area contributed by atoms with Gasteiger partial charge in [-0.1, -0.05) is 6.92 Å². The highest BCUT2D eigenvalue weighted by molar-refractivity contribution is 5.80. The number of hydrogen-bond acceptors (Lipinski definition) is 3. The first-order chi connectivity index (χ1) is 8.65. The summed E-state index contributed by atoms with van der Waals surface area (Å²) >= 11 is 0. The van der Waals surface area contributed by atoms with Crippen molar-refractivity contribution in [3.05, 3.63) is 0 Å². The number of nitrogens with one attached hydrogen (secondary N) is 1. The van der Waals surface area contributed by atoms with E-state index in [2.05, 4.69) is 29.1 Å². The first kappa shape index (κ1) is 12.4. The lowest BCUT2D eigenvalue weighted by Crippen LogP contribution is -2.52. The van der Waals surface area contributed by atoms with Crippen LogP contribution in [0.2, 0.25) is 0 Å². The number of hydrogen-bond donors (Lipinski definition) is 1. The van der Waals surface area contributed by atoms with Crippen molar-refractivity contribution >= 4 is 5.91 Å². The summed E-state index contributed by atoms with van der Waals surface area (Å²) < 4.78 is 0. The Morgan fingerprint density at radius 1 is 1.22 bits per heavy atom. The number of rotatable bonds is 2. The van der Waals surface area contributed by atoms with Gasteiger partial charge in [-0.25, -0.2) is 0 Å². The first-order valence-electron chi connectivity index (χ1n) is 7.39. The molecule has 0 saturated carbocycles. The molecule has 0 spiro atoms. The molecule has 4 atom stereocenters. The van der Waals surface area contributed by atoms with E-state index in [9.17, 15) is 4.79 Å². The number of nitrogens with zero attached hydrogens (tertiary/aromatic N) is 2. The molecule has 4 nitrogen and oxygen atoms in total. The number of piperidine rings is 1. The molecule has 0 bridgehead atoms. The molecule has 3 aliphatic rings. The molecule has 3 fully saturated rings. The van der Waals surface area contributed by atoms with E-state index < -0.39 is 0 Å². The highest BCUT2D eigenvalue weighted by Crippen LogP contribution is 2.30. The minimum Gasteiger partial charge on any atom is -0.338 e. The zero-order valence-electron chi connectivity index (χ0n) is 11.6. The van der Waals surface area contributed by atoms with Gasteiger partial charge in [0.05, 0.1) is 0 Å². The Bertz CT molecular complexity index is 333. The molecule has 102 valence electrons. The van der Waals surface area contributed by atoms with Crippen LogP contribution >= 0.6 is 0 Å². The number of likely N-dealkylation sites (tertiary alicyclic amines) is 1. The van der Waals surface area contributed by atoms with E-state index >= 15 is 0 Å². The van der Waals surface area contributed by atoms with Gasteiger partial charge in [-0.3, -0.25) is 4.79 Å². The normalized spacial score (nSPS) is 41.4. The van der Waals surface area contributed by atoms with Crippen molar-refractivity contribution in [2.24, 2.45) is 5.92 Å². The second-order valence-corrected chi connectivity index (χ2v) is 6.41. The van der Waals surface area contributed by atoms with Crippen molar-refractivity contribution in [2.75, 3.05) is 26.7 Å². The lowest BCUT2D eigenvalue weighted by Gasteiger charge is -2.37. The van der Waals surface area contributed by atoms with E-state index in [0.29, 0.717) is 30.0 Å². The largest absolute Gasteiger partial charge is 0.338 e. The fourth-order valence-electron chi connectivity index (χ4n) is 4.01. The monoisotopic (exact) mass is 251 g/mol. The van der Waals surface area contributed by atoms with Gasteiger partial charge in [0.25, 0.3) is 0 Å². The van der Waals surface area contributed by atoms with Crippen molar-refractivity contribution in [2.45, 2.75) is 50.7 Å². The molecule has 4 heteroatoms. The number of carbonyl (C=O) groups excluding carboxylic acids is 1. The molecule has 0 aromatic rings. The third-order valence-electron chi connectivity index (χ3n) is 5.02. The van der Waals surface area contributed by atoms with Crippen LogP contribution in [0.3, 0.4) is 0 Å². The van der Waals surface area contributed by atoms with Crippen LogP contribution in [0.5, 0.6) is 0 Å². The molecule has 3 heterocycles. The van der Waals surface area contributed by atoms with Crippen molar-refractivity contribution in [3.8, 4) is 0 Å². The average Bonchev–Trinajstić information content (AvgIpc) is 2.89. The van der Waals surface area contributed by atoms with Crippen molar-refractivity contribution in [1.29, 1.82) is 0 Å². The fraction of sp³-hybridized carbons (Fsp3) is 0.929. The minimum absolute atomic E-state index is 0.371. The third kappa shape index (κ3) is 2.16. The van der Waals surface area contributed by atoms with Gasteiger partial charge in [0.2, 0.25) is 5.91 Å².